The number of nitrogens with zero attached hydrogens (tertiary/aromatic N) is 1. The van der Waals surface area contributed by atoms with Gasteiger partial charge in [0.2, 0.25) is 5.91 Å². The van der Waals surface area contributed by atoms with E-state index in [0.29, 0.717) is 6.54 Å². The third-order valence-corrected chi connectivity index (χ3v) is 4.02. The lowest BCUT2D eigenvalue weighted by molar-refractivity contribution is -0.128. The highest BCUT2D eigenvalue weighted by molar-refractivity contribution is 5.94. The highest BCUT2D eigenvalue weighted by atomic mass is 16.3. The van der Waals surface area contributed by atoms with Crippen LogP contribution in [-0.4, -0.2) is 35.5 Å². The molecule has 0 saturated carbocycles. The molecule has 2 heterocycles. The number of nitrogens with one attached hydrogen (secondary N) is 1. The van der Waals surface area contributed by atoms with E-state index in [9.17, 15) is 9.90 Å². The van der Waals surface area contributed by atoms with Gasteiger partial charge < -0.3 is 15.3 Å². The molecule has 0 unspecified atom stereocenters. The Morgan fingerprint density at radius 2 is 2.11 bits per heavy atom. The van der Waals surface area contributed by atoms with Gasteiger partial charge in [0, 0.05) is 31.8 Å². The zero-order valence-electron chi connectivity index (χ0n) is 11.1. The Bertz CT molecular complexity index is 557. The zero-order valence-corrected chi connectivity index (χ0v) is 11.1. The number of aromatic hydroxyl groups is 1. The predicted octanol–water partition coefficient (Wildman–Crippen LogP) is 1.20. The van der Waals surface area contributed by atoms with E-state index in [1.807, 2.05) is 17.9 Å². The van der Waals surface area contributed by atoms with Gasteiger partial charge in [-0.1, -0.05) is 6.07 Å². The van der Waals surface area contributed by atoms with Crippen LogP contribution in [0.15, 0.2) is 29.3 Å². The molecule has 0 aliphatic carbocycles. The minimum atomic E-state index is 0.130. The minimum Gasteiger partial charge on any atom is -0.508 e. The number of fused-ring (bicyclic) bond motifs is 1. The first kappa shape index (κ1) is 12.2. The van der Waals surface area contributed by atoms with Crippen LogP contribution in [0.2, 0.25) is 0 Å². The molecule has 0 aromatic heterocycles. The van der Waals surface area contributed by atoms with Gasteiger partial charge in [-0.15, -0.1) is 0 Å². The normalized spacial score (nSPS) is 17.7. The molecule has 3 rings (SSSR count). The van der Waals surface area contributed by atoms with Crippen LogP contribution in [-0.2, 0) is 17.8 Å². The van der Waals surface area contributed by atoms with Crippen molar-refractivity contribution >= 4 is 5.91 Å². The average Bonchev–Trinajstić information content (AvgIpc) is 2.34. The van der Waals surface area contributed by atoms with E-state index in [-0.39, 0.29) is 11.7 Å². The van der Waals surface area contributed by atoms with Gasteiger partial charge in [-0.2, -0.15) is 0 Å². The maximum Gasteiger partial charge on any atom is 0.249 e. The van der Waals surface area contributed by atoms with Crippen molar-refractivity contribution in [2.75, 3.05) is 19.6 Å². The predicted molar refractivity (Wildman–Crippen MR) is 72.8 cm³/mol. The van der Waals surface area contributed by atoms with E-state index < -0.39 is 0 Å². The maximum absolute atomic E-state index is 12.4. The van der Waals surface area contributed by atoms with E-state index in [1.54, 1.807) is 12.1 Å². The van der Waals surface area contributed by atoms with E-state index in [1.165, 1.54) is 11.1 Å². The second-order valence-corrected chi connectivity index (χ2v) is 5.26. The molecule has 0 atom stereocenters. The summed E-state index contributed by atoms with van der Waals surface area (Å²) in [7, 11) is 0. The van der Waals surface area contributed by atoms with Gasteiger partial charge in [0.1, 0.15) is 5.75 Å². The summed E-state index contributed by atoms with van der Waals surface area (Å²) in [5.41, 5.74) is 4.38. The third kappa shape index (κ3) is 2.24. The third-order valence-electron chi connectivity index (χ3n) is 4.02. The zero-order chi connectivity index (χ0) is 13.4. The lowest BCUT2D eigenvalue weighted by Crippen LogP contribution is -2.40. The summed E-state index contributed by atoms with van der Waals surface area (Å²) in [6.07, 6.45) is 0.863. The second kappa shape index (κ2) is 4.70. The molecule has 2 aliphatic rings. The Balaban J connectivity index is 1.80. The van der Waals surface area contributed by atoms with Crippen molar-refractivity contribution in [3.8, 4) is 5.75 Å². The number of hydrogen-bond donors (Lipinski definition) is 2. The van der Waals surface area contributed by atoms with Crippen LogP contribution >= 0.6 is 0 Å². The van der Waals surface area contributed by atoms with Crippen LogP contribution in [0, 0.1) is 0 Å². The van der Waals surface area contributed by atoms with Crippen molar-refractivity contribution in [1.29, 1.82) is 0 Å². The van der Waals surface area contributed by atoms with Gasteiger partial charge >= 0.3 is 0 Å². The van der Waals surface area contributed by atoms with Gasteiger partial charge in [-0.25, -0.2) is 0 Å². The number of rotatable bonds is 1. The SMILES string of the molecule is CC(C(=O)N1CCc2ccc(O)cc2C1)=C1CNC1. The Labute approximate surface area is 112 Å². The molecule has 1 saturated heterocycles. The Morgan fingerprint density at radius 3 is 2.79 bits per heavy atom. The Kier molecular flexibility index (Phi) is 3.03. The quantitative estimate of drug-likeness (QED) is 0.744. The molecule has 4 nitrogen and oxygen atoms in total. The molecule has 1 aromatic carbocycles. The van der Waals surface area contributed by atoms with Crippen molar-refractivity contribution in [2.45, 2.75) is 19.9 Å². The molecule has 2 N–H and O–H groups in total. The summed E-state index contributed by atoms with van der Waals surface area (Å²) in [6, 6.07) is 5.43. The second-order valence-electron chi connectivity index (χ2n) is 5.26. The van der Waals surface area contributed by atoms with Crippen molar-refractivity contribution in [3.05, 3.63) is 40.5 Å². The van der Waals surface area contributed by atoms with Gasteiger partial charge in [-0.3, -0.25) is 4.79 Å². The van der Waals surface area contributed by atoms with Gasteiger partial charge in [0.25, 0.3) is 0 Å². The van der Waals surface area contributed by atoms with Gasteiger partial charge in [0.05, 0.1) is 0 Å². The van der Waals surface area contributed by atoms with Crippen LogP contribution in [0.4, 0.5) is 0 Å². The molecule has 0 spiro atoms. The van der Waals surface area contributed by atoms with Gasteiger partial charge in [-0.05, 0) is 42.2 Å². The van der Waals surface area contributed by atoms with Crippen LogP contribution < -0.4 is 5.32 Å². The lowest BCUT2D eigenvalue weighted by Gasteiger charge is -2.31. The summed E-state index contributed by atoms with van der Waals surface area (Å²) in [6.45, 7) is 4.94. The fourth-order valence-electron chi connectivity index (χ4n) is 2.62. The number of carbonyl (C=O) groups is 1. The smallest absolute Gasteiger partial charge is 0.249 e. The fourth-order valence-corrected chi connectivity index (χ4v) is 2.62. The maximum atomic E-state index is 12.4. The van der Waals surface area contributed by atoms with E-state index >= 15 is 0 Å². The number of amides is 1. The van der Waals surface area contributed by atoms with Crippen molar-refractivity contribution in [2.24, 2.45) is 0 Å². The first-order valence-corrected chi connectivity index (χ1v) is 6.64. The number of phenols is 1. The standard InChI is InChI=1S/C15H18N2O2/c1-10(13-7-16-8-13)15(19)17-5-4-11-2-3-14(18)6-12(11)9-17/h2-3,6,16,18H,4-5,7-9H2,1H3. The molecule has 100 valence electrons. The molecule has 19 heavy (non-hydrogen) atoms. The fraction of sp³-hybridized carbons (Fsp3) is 0.400. The molecule has 4 heteroatoms. The van der Waals surface area contributed by atoms with Crippen LogP contribution in [0.3, 0.4) is 0 Å². The first-order chi connectivity index (χ1) is 9.15. The van der Waals surface area contributed by atoms with E-state index in [2.05, 4.69) is 5.32 Å². The largest absolute Gasteiger partial charge is 0.508 e. The van der Waals surface area contributed by atoms with Gasteiger partial charge in [0.15, 0.2) is 0 Å². The Hall–Kier alpha value is -1.81. The molecular weight excluding hydrogens is 240 g/mol. The van der Waals surface area contributed by atoms with E-state index in [4.69, 9.17) is 0 Å². The highest BCUT2D eigenvalue weighted by Gasteiger charge is 2.24. The van der Waals surface area contributed by atoms with Crippen molar-refractivity contribution < 1.29 is 9.90 Å². The molecule has 2 aliphatic heterocycles. The summed E-state index contributed by atoms with van der Waals surface area (Å²) in [5.74, 6) is 0.400. The highest BCUT2D eigenvalue weighted by Crippen LogP contribution is 2.24. The summed E-state index contributed by atoms with van der Waals surface area (Å²) in [4.78, 5) is 14.3. The first-order valence-electron chi connectivity index (χ1n) is 6.64. The number of phenolic OH excluding ortho intramolecular Hbond substituents is 1. The number of benzene rings is 1. The summed E-state index contributed by atoms with van der Waals surface area (Å²) in [5, 5.41) is 12.7. The average molecular weight is 258 g/mol. The molecule has 0 radical (unpaired) electrons. The lowest BCUT2D eigenvalue weighted by atomic mass is 9.97. The monoisotopic (exact) mass is 258 g/mol. The van der Waals surface area contributed by atoms with Crippen LogP contribution in [0.1, 0.15) is 18.1 Å². The summed E-state index contributed by atoms with van der Waals surface area (Å²) >= 11 is 0. The minimum absolute atomic E-state index is 0.130. The van der Waals surface area contributed by atoms with Crippen LogP contribution in [0.5, 0.6) is 5.75 Å². The Morgan fingerprint density at radius 1 is 1.32 bits per heavy atom. The molecule has 1 fully saturated rings. The number of carbonyl (C=O) groups excluding carboxylic acids is 1. The van der Waals surface area contributed by atoms with Crippen molar-refractivity contribution in [3.63, 3.8) is 0 Å². The molecule has 0 bridgehead atoms. The van der Waals surface area contributed by atoms with Crippen LogP contribution in [0.25, 0.3) is 0 Å². The molecular formula is C15H18N2O2. The van der Waals surface area contributed by atoms with Crippen molar-refractivity contribution in [1.82, 2.24) is 10.2 Å². The summed E-state index contributed by atoms with van der Waals surface area (Å²) < 4.78 is 0. The number of hydrogen-bond acceptors (Lipinski definition) is 3. The topological polar surface area (TPSA) is 52.6 Å². The molecule has 1 amide bonds. The molecule has 1 aromatic rings. The van der Waals surface area contributed by atoms with E-state index in [0.717, 1.165) is 37.2 Å².